The lowest BCUT2D eigenvalue weighted by atomic mass is 10.1. The second-order valence-corrected chi connectivity index (χ2v) is 7.62. The zero-order chi connectivity index (χ0) is 22.8. The number of nitrogens with zero attached hydrogens (tertiary/aromatic N) is 1. The van der Waals surface area contributed by atoms with Crippen LogP contribution < -0.4 is 5.32 Å². The monoisotopic (exact) mass is 443 g/mol. The first kappa shape index (κ1) is 20.6. The third kappa shape index (κ3) is 4.39. The molecule has 3 aromatic carbocycles. The minimum absolute atomic E-state index is 0.0405. The fourth-order valence-corrected chi connectivity index (χ4v) is 3.78. The first-order valence-corrected chi connectivity index (χ1v) is 10.4. The number of aromatic nitrogens is 2. The number of hydrogen-bond acceptors (Lipinski definition) is 3. The van der Waals surface area contributed by atoms with Gasteiger partial charge in [-0.05, 0) is 35.9 Å². The van der Waals surface area contributed by atoms with Crippen molar-refractivity contribution in [1.82, 2.24) is 15.3 Å². The Morgan fingerprint density at radius 1 is 0.939 bits per heavy atom. The molecule has 0 atom stereocenters. The Morgan fingerprint density at radius 2 is 1.67 bits per heavy atom. The van der Waals surface area contributed by atoms with E-state index in [1.165, 1.54) is 24.3 Å². The van der Waals surface area contributed by atoms with Gasteiger partial charge in [0.2, 0.25) is 11.8 Å². The van der Waals surface area contributed by atoms with E-state index in [1.807, 2.05) is 30.5 Å². The van der Waals surface area contributed by atoms with Gasteiger partial charge in [0, 0.05) is 28.2 Å². The maximum absolute atomic E-state index is 13.8. The molecule has 164 valence electrons. The summed E-state index contributed by atoms with van der Waals surface area (Å²) in [6, 6.07) is 19.6. The number of fused-ring (bicyclic) bond motifs is 1. The van der Waals surface area contributed by atoms with Crippen molar-refractivity contribution in [2.24, 2.45) is 0 Å². The van der Waals surface area contributed by atoms with E-state index in [1.54, 1.807) is 24.3 Å². The van der Waals surface area contributed by atoms with Crippen molar-refractivity contribution in [3.05, 3.63) is 102 Å². The molecule has 0 spiro atoms. The van der Waals surface area contributed by atoms with Crippen molar-refractivity contribution >= 4 is 16.8 Å². The van der Waals surface area contributed by atoms with Crippen LogP contribution in [0, 0.1) is 11.6 Å². The molecule has 5 nitrogen and oxygen atoms in total. The summed E-state index contributed by atoms with van der Waals surface area (Å²) in [5.41, 5.74) is 3.19. The quantitative estimate of drug-likeness (QED) is 0.357. The summed E-state index contributed by atoms with van der Waals surface area (Å²) in [5.74, 6) is -0.503. The van der Waals surface area contributed by atoms with Crippen LogP contribution in [0.25, 0.3) is 33.5 Å². The van der Waals surface area contributed by atoms with Gasteiger partial charge < -0.3 is 14.7 Å². The molecule has 0 aliphatic carbocycles. The summed E-state index contributed by atoms with van der Waals surface area (Å²) in [7, 11) is 0. The zero-order valence-corrected chi connectivity index (χ0v) is 17.4. The van der Waals surface area contributed by atoms with Gasteiger partial charge >= 0.3 is 0 Å². The number of amides is 1. The van der Waals surface area contributed by atoms with E-state index in [0.717, 1.165) is 16.5 Å². The summed E-state index contributed by atoms with van der Waals surface area (Å²) in [5, 5.41) is 3.80. The van der Waals surface area contributed by atoms with Crippen LogP contribution >= 0.6 is 0 Å². The number of carbonyl (C=O) groups is 1. The SMILES string of the molecule is O=C(Cc1c[nH]c2ccccc12)NCc1nc(-c2cccc(F)c2)c(-c2cccc(F)c2)o1. The Kier molecular flexibility index (Phi) is 5.44. The second-order valence-electron chi connectivity index (χ2n) is 7.62. The average Bonchev–Trinajstić information content (AvgIpc) is 3.43. The van der Waals surface area contributed by atoms with Gasteiger partial charge in [-0.15, -0.1) is 0 Å². The maximum atomic E-state index is 13.8. The van der Waals surface area contributed by atoms with E-state index in [0.29, 0.717) is 22.6 Å². The first-order valence-electron chi connectivity index (χ1n) is 10.4. The molecule has 5 aromatic rings. The Balaban J connectivity index is 1.39. The number of para-hydroxylation sites is 1. The zero-order valence-electron chi connectivity index (χ0n) is 17.4. The Hall–Kier alpha value is -4.26. The number of carbonyl (C=O) groups excluding carboxylic acids is 1. The average molecular weight is 443 g/mol. The minimum atomic E-state index is -0.428. The smallest absolute Gasteiger partial charge is 0.224 e. The van der Waals surface area contributed by atoms with Crippen LogP contribution in [0.2, 0.25) is 0 Å². The molecule has 0 fully saturated rings. The number of oxazole rings is 1. The van der Waals surface area contributed by atoms with Crippen LogP contribution in [0.1, 0.15) is 11.5 Å². The Labute approximate surface area is 188 Å². The summed E-state index contributed by atoms with van der Waals surface area (Å²) in [6.45, 7) is 0.0405. The predicted octanol–water partition coefficient (Wildman–Crippen LogP) is 5.63. The number of halogens is 2. The molecule has 2 aromatic heterocycles. The second kappa shape index (κ2) is 8.70. The Bertz CT molecular complexity index is 1390. The van der Waals surface area contributed by atoms with Crippen LogP contribution in [-0.4, -0.2) is 15.9 Å². The molecule has 0 radical (unpaired) electrons. The molecule has 2 N–H and O–H groups in total. The van der Waals surface area contributed by atoms with Gasteiger partial charge in [0.15, 0.2) is 5.76 Å². The number of H-pyrrole nitrogens is 1. The highest BCUT2D eigenvalue weighted by Crippen LogP contribution is 2.33. The van der Waals surface area contributed by atoms with E-state index in [-0.39, 0.29) is 24.8 Å². The molecule has 0 saturated carbocycles. The summed E-state index contributed by atoms with van der Waals surface area (Å²) >= 11 is 0. The molecule has 0 unspecified atom stereocenters. The first-order chi connectivity index (χ1) is 16.1. The molecule has 33 heavy (non-hydrogen) atoms. The summed E-state index contributed by atoms with van der Waals surface area (Å²) in [6.07, 6.45) is 2.01. The van der Waals surface area contributed by atoms with Gasteiger partial charge in [-0.1, -0.05) is 42.5 Å². The number of benzene rings is 3. The van der Waals surface area contributed by atoms with E-state index >= 15 is 0 Å². The van der Waals surface area contributed by atoms with Crippen LogP contribution in [0.15, 0.2) is 83.4 Å². The molecule has 5 rings (SSSR count). The van der Waals surface area contributed by atoms with Crippen LogP contribution in [0.4, 0.5) is 8.78 Å². The molecule has 0 aliphatic rings. The molecular weight excluding hydrogens is 424 g/mol. The fourth-order valence-electron chi connectivity index (χ4n) is 3.78. The summed E-state index contributed by atoms with van der Waals surface area (Å²) in [4.78, 5) is 20.2. The fraction of sp³-hybridized carbons (Fsp3) is 0.0769. The molecule has 7 heteroatoms. The Morgan fingerprint density at radius 3 is 2.45 bits per heavy atom. The van der Waals surface area contributed by atoms with Gasteiger partial charge in [0.1, 0.15) is 17.3 Å². The van der Waals surface area contributed by atoms with Gasteiger partial charge in [0.05, 0.1) is 13.0 Å². The minimum Gasteiger partial charge on any atom is -0.438 e. The molecule has 1 amide bonds. The van der Waals surface area contributed by atoms with Gasteiger partial charge in [0.25, 0.3) is 0 Å². The number of rotatable bonds is 6. The van der Waals surface area contributed by atoms with Crippen molar-refractivity contribution in [3.63, 3.8) is 0 Å². The van der Waals surface area contributed by atoms with Crippen LogP contribution in [0.5, 0.6) is 0 Å². The third-order valence-corrected chi connectivity index (χ3v) is 5.32. The number of aromatic amines is 1. The highest BCUT2D eigenvalue weighted by Gasteiger charge is 2.18. The van der Waals surface area contributed by atoms with Gasteiger partial charge in [-0.25, -0.2) is 13.8 Å². The highest BCUT2D eigenvalue weighted by molar-refractivity contribution is 5.88. The molecule has 0 bridgehead atoms. The molecule has 0 aliphatic heterocycles. The molecule has 2 heterocycles. The lowest BCUT2D eigenvalue weighted by Gasteiger charge is -2.02. The van der Waals surface area contributed by atoms with Crippen molar-refractivity contribution in [2.75, 3.05) is 0 Å². The topological polar surface area (TPSA) is 70.9 Å². The van der Waals surface area contributed by atoms with E-state index in [2.05, 4.69) is 15.3 Å². The van der Waals surface area contributed by atoms with Crippen molar-refractivity contribution in [2.45, 2.75) is 13.0 Å². The van der Waals surface area contributed by atoms with Crippen molar-refractivity contribution < 1.29 is 18.0 Å². The molecule has 0 saturated heterocycles. The third-order valence-electron chi connectivity index (χ3n) is 5.32. The number of hydrogen-bond donors (Lipinski definition) is 2. The van der Waals surface area contributed by atoms with E-state index < -0.39 is 11.6 Å². The van der Waals surface area contributed by atoms with Gasteiger partial charge in [-0.2, -0.15) is 0 Å². The van der Waals surface area contributed by atoms with Crippen LogP contribution in [0.3, 0.4) is 0 Å². The normalized spacial score (nSPS) is 11.1. The van der Waals surface area contributed by atoms with E-state index in [9.17, 15) is 13.6 Å². The van der Waals surface area contributed by atoms with Gasteiger partial charge in [-0.3, -0.25) is 4.79 Å². The van der Waals surface area contributed by atoms with Crippen molar-refractivity contribution in [3.8, 4) is 22.6 Å². The largest absolute Gasteiger partial charge is 0.438 e. The van der Waals surface area contributed by atoms with E-state index in [4.69, 9.17) is 4.42 Å². The summed E-state index contributed by atoms with van der Waals surface area (Å²) < 4.78 is 33.5. The maximum Gasteiger partial charge on any atom is 0.224 e. The lowest BCUT2D eigenvalue weighted by Crippen LogP contribution is -2.24. The van der Waals surface area contributed by atoms with Crippen LogP contribution in [-0.2, 0) is 17.8 Å². The predicted molar refractivity (Wildman–Crippen MR) is 121 cm³/mol. The lowest BCUT2D eigenvalue weighted by molar-refractivity contribution is -0.120. The molecular formula is C26H19F2N3O2. The highest BCUT2D eigenvalue weighted by atomic mass is 19.1. The number of nitrogens with one attached hydrogen (secondary N) is 2. The standard InChI is InChI=1S/C26H19F2N3O2/c27-19-7-3-5-16(11-19)25-26(17-6-4-8-20(28)12-17)33-24(31-25)15-30-23(32)13-18-14-29-22-10-2-1-9-21(18)22/h1-12,14,29H,13,15H2,(H,30,32). The van der Waals surface area contributed by atoms with Crippen molar-refractivity contribution in [1.29, 1.82) is 0 Å².